The number of aldehydes is 1. The van der Waals surface area contributed by atoms with Gasteiger partial charge in [-0.1, -0.05) is 45.4 Å². The Hall–Kier alpha value is -0.370. The van der Waals surface area contributed by atoms with Gasteiger partial charge in [0.25, 0.3) is 0 Å². The molecule has 0 aliphatic carbocycles. The van der Waals surface area contributed by atoms with Gasteiger partial charge in [0.2, 0.25) is 0 Å². The normalized spacial score (nSPS) is 12.6. The average Bonchev–Trinajstić information content (AvgIpc) is 2.31. The summed E-state index contributed by atoms with van der Waals surface area (Å²) in [6.45, 7) is 2.24. The highest BCUT2D eigenvalue weighted by atomic mass is 16.5. The molecule has 0 aliphatic heterocycles. The molecule has 16 heavy (non-hydrogen) atoms. The molecule has 0 aromatic rings. The first-order valence-corrected chi connectivity index (χ1v) is 6.81. The molecule has 0 radical (unpaired) electrons. The molecular formula is C14H28O2. The van der Waals surface area contributed by atoms with E-state index in [1.165, 1.54) is 38.5 Å². The van der Waals surface area contributed by atoms with Crippen LogP contribution in [0.2, 0.25) is 0 Å². The molecule has 0 bridgehead atoms. The lowest BCUT2D eigenvalue weighted by molar-refractivity contribution is -0.108. The van der Waals surface area contributed by atoms with E-state index in [1.807, 2.05) is 0 Å². The molecular weight excluding hydrogens is 200 g/mol. The Morgan fingerprint density at radius 1 is 1.00 bits per heavy atom. The van der Waals surface area contributed by atoms with Crippen molar-refractivity contribution in [2.45, 2.75) is 77.2 Å². The molecule has 0 saturated heterocycles. The number of unbranched alkanes of at least 4 members (excludes halogenated alkanes) is 6. The van der Waals surface area contributed by atoms with Gasteiger partial charge in [0.1, 0.15) is 6.29 Å². The molecule has 0 rings (SSSR count). The molecule has 0 aromatic heterocycles. The number of carbonyl (C=O) groups excluding carboxylic acids is 1. The van der Waals surface area contributed by atoms with Crippen molar-refractivity contribution in [1.82, 2.24) is 0 Å². The number of carbonyl (C=O) groups is 1. The first-order valence-electron chi connectivity index (χ1n) is 6.81. The third kappa shape index (κ3) is 10.2. The van der Waals surface area contributed by atoms with Gasteiger partial charge >= 0.3 is 0 Å². The van der Waals surface area contributed by atoms with Crippen LogP contribution >= 0.6 is 0 Å². The summed E-state index contributed by atoms with van der Waals surface area (Å²) in [7, 11) is 1.80. The summed E-state index contributed by atoms with van der Waals surface area (Å²) < 4.78 is 5.45. The Morgan fingerprint density at radius 3 is 2.19 bits per heavy atom. The molecule has 0 aromatic carbocycles. The topological polar surface area (TPSA) is 26.3 Å². The van der Waals surface area contributed by atoms with Crippen molar-refractivity contribution in [1.29, 1.82) is 0 Å². The van der Waals surface area contributed by atoms with Crippen LogP contribution in [-0.2, 0) is 9.53 Å². The third-order valence-corrected chi connectivity index (χ3v) is 3.06. The first kappa shape index (κ1) is 15.6. The number of ether oxygens (including phenoxy) is 1. The highest BCUT2D eigenvalue weighted by Crippen LogP contribution is 2.14. The quantitative estimate of drug-likeness (QED) is 0.371. The van der Waals surface area contributed by atoms with Gasteiger partial charge in [-0.3, -0.25) is 0 Å². The van der Waals surface area contributed by atoms with E-state index in [-0.39, 0.29) is 0 Å². The van der Waals surface area contributed by atoms with Gasteiger partial charge in [0.15, 0.2) is 0 Å². The Kier molecular flexibility index (Phi) is 12.4. The van der Waals surface area contributed by atoms with E-state index in [0.29, 0.717) is 12.5 Å². The van der Waals surface area contributed by atoms with Crippen LogP contribution in [0.5, 0.6) is 0 Å². The van der Waals surface area contributed by atoms with E-state index in [0.717, 1.165) is 25.5 Å². The number of hydrogen-bond acceptors (Lipinski definition) is 2. The summed E-state index contributed by atoms with van der Waals surface area (Å²) in [6.07, 6.45) is 13.2. The molecule has 2 heteroatoms. The molecule has 0 fully saturated rings. The van der Waals surface area contributed by atoms with Crippen LogP contribution in [0.3, 0.4) is 0 Å². The van der Waals surface area contributed by atoms with E-state index in [1.54, 1.807) is 7.11 Å². The molecule has 1 atom stereocenters. The Bertz CT molecular complexity index is 146. The van der Waals surface area contributed by atoms with Crippen molar-refractivity contribution in [3.8, 4) is 0 Å². The highest BCUT2D eigenvalue weighted by Gasteiger charge is 2.06. The van der Waals surface area contributed by atoms with Gasteiger partial charge in [-0.15, -0.1) is 0 Å². The summed E-state index contributed by atoms with van der Waals surface area (Å²) in [5.41, 5.74) is 0. The fourth-order valence-corrected chi connectivity index (χ4v) is 1.96. The second kappa shape index (κ2) is 12.7. The van der Waals surface area contributed by atoms with E-state index in [4.69, 9.17) is 4.74 Å². The van der Waals surface area contributed by atoms with Crippen molar-refractivity contribution < 1.29 is 9.53 Å². The van der Waals surface area contributed by atoms with Crippen molar-refractivity contribution in [3.63, 3.8) is 0 Å². The molecule has 0 N–H and O–H groups in total. The van der Waals surface area contributed by atoms with Crippen LogP contribution in [0.1, 0.15) is 71.1 Å². The highest BCUT2D eigenvalue weighted by molar-refractivity contribution is 5.48. The predicted octanol–water partition coefficient (Wildman–Crippen LogP) is 4.12. The lowest BCUT2D eigenvalue weighted by Crippen LogP contribution is -2.10. The van der Waals surface area contributed by atoms with E-state index < -0.39 is 0 Å². The maximum absolute atomic E-state index is 10.2. The van der Waals surface area contributed by atoms with Gasteiger partial charge in [-0.2, -0.15) is 0 Å². The van der Waals surface area contributed by atoms with Gasteiger partial charge < -0.3 is 9.53 Å². The van der Waals surface area contributed by atoms with Gasteiger partial charge in [-0.05, 0) is 19.3 Å². The molecule has 0 saturated carbocycles. The number of rotatable bonds is 12. The summed E-state index contributed by atoms with van der Waals surface area (Å²) in [5.74, 6) is 0. The zero-order chi connectivity index (χ0) is 12.1. The van der Waals surface area contributed by atoms with Crippen molar-refractivity contribution in [2.75, 3.05) is 7.11 Å². The molecule has 0 heterocycles. The van der Waals surface area contributed by atoms with Crippen molar-refractivity contribution in [3.05, 3.63) is 0 Å². The van der Waals surface area contributed by atoms with Crippen LogP contribution in [-0.4, -0.2) is 19.5 Å². The van der Waals surface area contributed by atoms with Crippen LogP contribution < -0.4 is 0 Å². The summed E-state index contributed by atoms with van der Waals surface area (Å²) >= 11 is 0. The van der Waals surface area contributed by atoms with Gasteiger partial charge in [-0.25, -0.2) is 0 Å². The lowest BCUT2D eigenvalue weighted by atomic mass is 10.0. The lowest BCUT2D eigenvalue weighted by Gasteiger charge is -2.14. The SMILES string of the molecule is CCCCCCCC(CCCCC=O)OC. The average molecular weight is 228 g/mol. The van der Waals surface area contributed by atoms with Crippen LogP contribution in [0, 0.1) is 0 Å². The zero-order valence-electron chi connectivity index (χ0n) is 11.0. The van der Waals surface area contributed by atoms with Crippen molar-refractivity contribution >= 4 is 6.29 Å². The minimum Gasteiger partial charge on any atom is -0.381 e. The third-order valence-electron chi connectivity index (χ3n) is 3.06. The minimum absolute atomic E-state index is 0.410. The van der Waals surface area contributed by atoms with Crippen LogP contribution in [0.15, 0.2) is 0 Å². The largest absolute Gasteiger partial charge is 0.381 e. The van der Waals surface area contributed by atoms with Gasteiger partial charge in [0, 0.05) is 13.5 Å². The van der Waals surface area contributed by atoms with E-state index in [2.05, 4.69) is 6.92 Å². The number of hydrogen-bond donors (Lipinski definition) is 0. The monoisotopic (exact) mass is 228 g/mol. The molecule has 0 spiro atoms. The molecule has 2 nitrogen and oxygen atoms in total. The Labute approximate surface area is 101 Å². The summed E-state index contributed by atoms with van der Waals surface area (Å²) in [5, 5.41) is 0. The second-order valence-electron chi connectivity index (χ2n) is 4.51. The molecule has 1 unspecified atom stereocenters. The maximum Gasteiger partial charge on any atom is 0.119 e. The second-order valence-corrected chi connectivity index (χ2v) is 4.51. The van der Waals surface area contributed by atoms with E-state index in [9.17, 15) is 4.79 Å². The minimum atomic E-state index is 0.410. The molecule has 0 aliphatic rings. The fraction of sp³-hybridized carbons (Fsp3) is 0.929. The summed E-state index contributed by atoms with van der Waals surface area (Å²) in [6, 6.07) is 0. The van der Waals surface area contributed by atoms with E-state index >= 15 is 0 Å². The molecule has 96 valence electrons. The van der Waals surface area contributed by atoms with Gasteiger partial charge in [0.05, 0.1) is 6.10 Å². The first-order chi connectivity index (χ1) is 7.85. The van der Waals surface area contributed by atoms with Crippen LogP contribution in [0.4, 0.5) is 0 Å². The maximum atomic E-state index is 10.2. The summed E-state index contributed by atoms with van der Waals surface area (Å²) in [4.78, 5) is 10.2. The molecule has 0 amide bonds. The van der Waals surface area contributed by atoms with Crippen LogP contribution in [0.25, 0.3) is 0 Å². The smallest absolute Gasteiger partial charge is 0.119 e. The standard InChI is InChI=1S/C14H28O2/c1-3-4-5-6-8-11-14(16-2)12-9-7-10-13-15/h13-14H,3-12H2,1-2H3. The zero-order valence-corrected chi connectivity index (χ0v) is 11.0. The predicted molar refractivity (Wildman–Crippen MR) is 68.7 cm³/mol. The Balaban J connectivity index is 3.32. The Morgan fingerprint density at radius 2 is 1.62 bits per heavy atom. The number of methoxy groups -OCH3 is 1. The van der Waals surface area contributed by atoms with Crippen molar-refractivity contribution in [2.24, 2.45) is 0 Å². The fourth-order valence-electron chi connectivity index (χ4n) is 1.96.